The Balaban J connectivity index is 1.56. The maximum absolute atomic E-state index is 14.6. The van der Waals surface area contributed by atoms with Crippen LogP contribution in [0.2, 0.25) is 5.02 Å². The Hall–Kier alpha value is -4.00. The van der Waals surface area contributed by atoms with Crippen LogP contribution < -0.4 is 9.64 Å². The van der Waals surface area contributed by atoms with Gasteiger partial charge in [0.15, 0.2) is 17.3 Å². The fraction of sp³-hybridized carbons (Fsp3) is 0.156. The zero-order valence-corrected chi connectivity index (χ0v) is 22.4. The summed E-state index contributed by atoms with van der Waals surface area (Å²) in [6.45, 7) is 0. The van der Waals surface area contributed by atoms with Crippen molar-refractivity contribution in [1.29, 1.82) is 0 Å². The molecule has 0 saturated carbocycles. The van der Waals surface area contributed by atoms with E-state index in [-0.39, 0.29) is 17.3 Å². The summed E-state index contributed by atoms with van der Waals surface area (Å²) in [5, 5.41) is 2.43. The molecule has 1 saturated heterocycles. The zero-order valence-electron chi connectivity index (χ0n) is 20.8. The number of thiophene rings is 1. The van der Waals surface area contributed by atoms with Gasteiger partial charge in [0.25, 0.3) is 0 Å². The minimum absolute atomic E-state index is 0.132. The summed E-state index contributed by atoms with van der Waals surface area (Å²) in [5.41, 5.74) is 1.56. The quantitative estimate of drug-likeness (QED) is 0.208. The average Bonchev–Trinajstić information content (AvgIpc) is 3.66. The second-order valence-corrected chi connectivity index (χ2v) is 11.4. The van der Waals surface area contributed by atoms with Gasteiger partial charge in [0, 0.05) is 27.8 Å². The Bertz CT molecular complexity index is 1670. The maximum atomic E-state index is 14.6. The number of benzene rings is 3. The fourth-order valence-electron chi connectivity index (χ4n) is 6.72. The van der Waals surface area contributed by atoms with E-state index in [1.807, 2.05) is 64.9 Å². The monoisotopic (exact) mass is 551 g/mol. The Kier molecular flexibility index (Phi) is 5.41. The molecule has 0 bridgehead atoms. The molecule has 3 aromatic carbocycles. The number of Topliss-reactive ketones (excluding diaryl/α,β-unsaturated/α-hetero) is 3. The van der Waals surface area contributed by atoms with Crippen molar-refractivity contribution < 1.29 is 19.1 Å². The molecule has 39 heavy (non-hydrogen) atoms. The molecule has 0 N–H and O–H groups in total. The number of rotatable bonds is 4. The number of ether oxygens (including phenoxy) is 1. The Morgan fingerprint density at radius 2 is 1.72 bits per heavy atom. The third-order valence-electron chi connectivity index (χ3n) is 8.25. The Morgan fingerprint density at radius 1 is 0.949 bits per heavy atom. The van der Waals surface area contributed by atoms with Crippen LogP contribution in [-0.4, -0.2) is 36.5 Å². The molecule has 5 nitrogen and oxygen atoms in total. The highest BCUT2D eigenvalue weighted by Gasteiger charge is 2.71. The first-order chi connectivity index (χ1) is 19.0. The molecule has 2 aliphatic heterocycles. The van der Waals surface area contributed by atoms with Crippen LogP contribution in [0.3, 0.4) is 0 Å². The van der Waals surface area contributed by atoms with Crippen molar-refractivity contribution in [3.63, 3.8) is 0 Å². The van der Waals surface area contributed by atoms with Crippen LogP contribution in [0.5, 0.6) is 5.75 Å². The third kappa shape index (κ3) is 3.22. The van der Waals surface area contributed by atoms with Gasteiger partial charge >= 0.3 is 0 Å². The Labute approximate surface area is 234 Å². The fourth-order valence-corrected chi connectivity index (χ4v) is 7.60. The number of methoxy groups -OCH3 is 1. The first-order valence-electron chi connectivity index (χ1n) is 12.6. The topological polar surface area (TPSA) is 63.7 Å². The number of halogens is 1. The molecule has 0 amide bonds. The van der Waals surface area contributed by atoms with Gasteiger partial charge in [-0.3, -0.25) is 14.4 Å². The van der Waals surface area contributed by atoms with Crippen molar-refractivity contribution in [3.05, 3.63) is 122 Å². The standard InChI is InChI=1S/C32H22ClNO4S/c1-38-21-7-4-6-19(17-21)27-28(29(35)25-10-5-15-39-25)34-24-13-12-20(33)16-18(24)11-14-26(34)32(27)30(36)22-8-2-3-9-23(22)31(32)37/h2-17,26-28H,1H3/t26-,27+,28+/m1/s1. The first kappa shape index (κ1) is 24.1. The van der Waals surface area contributed by atoms with Crippen molar-refractivity contribution in [2.75, 3.05) is 12.0 Å². The van der Waals surface area contributed by atoms with Gasteiger partial charge < -0.3 is 9.64 Å². The van der Waals surface area contributed by atoms with E-state index in [0.29, 0.717) is 32.3 Å². The van der Waals surface area contributed by atoms with Crippen LogP contribution in [0.15, 0.2) is 90.3 Å². The van der Waals surface area contributed by atoms with Crippen LogP contribution >= 0.6 is 22.9 Å². The van der Waals surface area contributed by atoms with Gasteiger partial charge in [-0.25, -0.2) is 0 Å². The smallest absolute Gasteiger partial charge is 0.195 e. The summed E-state index contributed by atoms with van der Waals surface area (Å²) < 4.78 is 5.54. The predicted octanol–water partition coefficient (Wildman–Crippen LogP) is 6.73. The van der Waals surface area contributed by atoms with Crippen molar-refractivity contribution in [2.45, 2.75) is 18.0 Å². The van der Waals surface area contributed by atoms with E-state index in [1.165, 1.54) is 11.3 Å². The number of carbonyl (C=O) groups is 3. The molecular formula is C32H22ClNO4S. The summed E-state index contributed by atoms with van der Waals surface area (Å²) >= 11 is 7.70. The van der Waals surface area contributed by atoms with Crippen LogP contribution in [-0.2, 0) is 0 Å². The lowest BCUT2D eigenvalue weighted by Gasteiger charge is -2.37. The molecule has 3 heterocycles. The second kappa shape index (κ2) is 8.76. The van der Waals surface area contributed by atoms with Crippen LogP contribution in [0.25, 0.3) is 6.08 Å². The van der Waals surface area contributed by atoms with E-state index in [9.17, 15) is 14.4 Å². The van der Waals surface area contributed by atoms with Gasteiger partial charge in [0.05, 0.1) is 18.0 Å². The van der Waals surface area contributed by atoms with E-state index in [4.69, 9.17) is 16.3 Å². The van der Waals surface area contributed by atoms with Gasteiger partial charge in [0.1, 0.15) is 17.2 Å². The highest BCUT2D eigenvalue weighted by molar-refractivity contribution is 7.12. The summed E-state index contributed by atoms with van der Waals surface area (Å²) in [4.78, 5) is 46.2. The van der Waals surface area contributed by atoms with Gasteiger partial charge in [0.2, 0.25) is 0 Å². The zero-order chi connectivity index (χ0) is 26.9. The lowest BCUT2D eigenvalue weighted by Crippen LogP contribution is -2.48. The summed E-state index contributed by atoms with van der Waals surface area (Å²) in [7, 11) is 1.57. The van der Waals surface area contributed by atoms with E-state index in [2.05, 4.69) is 0 Å². The van der Waals surface area contributed by atoms with Crippen molar-refractivity contribution in [1.82, 2.24) is 0 Å². The second-order valence-electron chi connectivity index (χ2n) is 10.0. The number of hydrogen-bond acceptors (Lipinski definition) is 6. The Morgan fingerprint density at radius 3 is 2.41 bits per heavy atom. The van der Waals surface area contributed by atoms with Gasteiger partial charge in [-0.1, -0.05) is 66.2 Å². The van der Waals surface area contributed by atoms with E-state index in [1.54, 1.807) is 43.5 Å². The van der Waals surface area contributed by atoms with Crippen molar-refractivity contribution in [2.24, 2.45) is 5.41 Å². The maximum Gasteiger partial charge on any atom is 0.195 e. The molecule has 1 aromatic heterocycles. The third-order valence-corrected chi connectivity index (χ3v) is 9.37. The number of ketones is 3. The van der Waals surface area contributed by atoms with Crippen LogP contribution in [0.4, 0.5) is 5.69 Å². The highest BCUT2D eigenvalue weighted by atomic mass is 35.5. The molecule has 0 unspecified atom stereocenters. The van der Waals surface area contributed by atoms with E-state index >= 15 is 0 Å². The van der Waals surface area contributed by atoms with E-state index < -0.39 is 23.4 Å². The van der Waals surface area contributed by atoms with Crippen molar-refractivity contribution >= 4 is 52.1 Å². The molecule has 7 rings (SSSR count). The van der Waals surface area contributed by atoms with Gasteiger partial charge in [-0.2, -0.15) is 0 Å². The number of anilines is 1. The minimum atomic E-state index is -1.54. The largest absolute Gasteiger partial charge is 0.497 e. The van der Waals surface area contributed by atoms with Crippen LogP contribution in [0.1, 0.15) is 47.4 Å². The number of hydrogen-bond donors (Lipinski definition) is 0. The molecule has 192 valence electrons. The highest BCUT2D eigenvalue weighted by Crippen LogP contribution is 2.61. The number of carbonyl (C=O) groups excluding carboxylic acids is 3. The number of nitrogens with zero attached hydrogens (tertiary/aromatic N) is 1. The molecular weight excluding hydrogens is 530 g/mol. The summed E-state index contributed by atoms with van der Waals surface area (Å²) in [6.07, 6.45) is 3.81. The average molecular weight is 552 g/mol. The van der Waals surface area contributed by atoms with E-state index in [0.717, 1.165) is 11.3 Å². The lowest BCUT2D eigenvalue weighted by atomic mass is 9.64. The molecule has 1 fully saturated rings. The molecule has 0 radical (unpaired) electrons. The molecule has 1 aliphatic carbocycles. The van der Waals surface area contributed by atoms with Gasteiger partial charge in [-0.15, -0.1) is 11.3 Å². The van der Waals surface area contributed by atoms with Gasteiger partial charge in [-0.05, 0) is 52.9 Å². The number of fused-ring (bicyclic) bond motifs is 5. The summed E-state index contributed by atoms with van der Waals surface area (Å²) in [5.74, 6) is -0.824. The summed E-state index contributed by atoms with van der Waals surface area (Å²) in [6, 6.07) is 22.0. The predicted molar refractivity (Wildman–Crippen MR) is 152 cm³/mol. The van der Waals surface area contributed by atoms with Crippen molar-refractivity contribution in [3.8, 4) is 5.75 Å². The van der Waals surface area contributed by atoms with Crippen LogP contribution in [0, 0.1) is 5.41 Å². The first-order valence-corrected chi connectivity index (χ1v) is 13.9. The normalized spacial score (nSPS) is 22.1. The molecule has 4 aromatic rings. The molecule has 7 heteroatoms. The minimum Gasteiger partial charge on any atom is -0.497 e. The molecule has 3 aliphatic rings. The SMILES string of the molecule is COc1cccc([C@H]2[C@@H](C(=O)c3cccs3)N3c4ccc(Cl)cc4C=C[C@@H]3C23C(=O)c2ccccc2C3=O)c1. The lowest BCUT2D eigenvalue weighted by molar-refractivity contribution is 0.0666. The molecule has 3 atom stereocenters. The molecule has 1 spiro atoms.